The molecule has 0 bridgehead atoms. The van der Waals surface area contributed by atoms with Gasteiger partial charge in [-0.15, -0.1) is 0 Å². The van der Waals surface area contributed by atoms with Crippen molar-refractivity contribution in [2.24, 2.45) is 0 Å². The molecule has 1 aliphatic rings. The zero-order chi connectivity index (χ0) is 8.97. The number of likely N-dealkylation sites (tertiary alicyclic amines) is 1. The zero-order valence-electron chi connectivity index (χ0n) is 8.51. The minimum atomic E-state index is 0.754. The first-order chi connectivity index (χ1) is 5.72. The molecule has 0 amide bonds. The highest BCUT2D eigenvalue weighted by Gasteiger charge is 2.23. The molecule has 0 aromatic heterocycles. The van der Waals surface area contributed by atoms with Gasteiger partial charge in [0, 0.05) is 19.1 Å². The van der Waals surface area contributed by atoms with Crippen LogP contribution in [0.1, 0.15) is 6.42 Å². The summed E-state index contributed by atoms with van der Waals surface area (Å²) in [5, 5.41) is 3.28. The maximum absolute atomic E-state index is 3.28. The Balaban J connectivity index is 1.90. The fourth-order valence-electron chi connectivity index (χ4n) is 1.55. The van der Waals surface area contributed by atoms with Gasteiger partial charge in [0.1, 0.15) is 0 Å². The molecule has 1 rings (SSSR count). The smallest absolute Gasteiger partial charge is 0.0320 e. The topological polar surface area (TPSA) is 18.5 Å². The van der Waals surface area contributed by atoms with Crippen LogP contribution in [0, 0.1) is 0 Å². The summed E-state index contributed by atoms with van der Waals surface area (Å²) in [7, 11) is 6.31. The van der Waals surface area contributed by atoms with Crippen molar-refractivity contribution < 1.29 is 0 Å². The van der Waals surface area contributed by atoms with Gasteiger partial charge in [-0.2, -0.15) is 0 Å². The van der Waals surface area contributed by atoms with E-state index in [0.717, 1.165) is 6.04 Å². The molecular formula is C9H21N3. The number of rotatable bonds is 5. The van der Waals surface area contributed by atoms with Gasteiger partial charge in [0.05, 0.1) is 0 Å². The lowest BCUT2D eigenvalue weighted by atomic mass is 10.1. The Morgan fingerprint density at radius 3 is 2.58 bits per heavy atom. The van der Waals surface area contributed by atoms with E-state index in [-0.39, 0.29) is 0 Å². The molecule has 72 valence electrons. The van der Waals surface area contributed by atoms with Crippen LogP contribution in [0.2, 0.25) is 0 Å². The summed E-state index contributed by atoms with van der Waals surface area (Å²) >= 11 is 0. The normalized spacial score (nSPS) is 20.0. The summed E-state index contributed by atoms with van der Waals surface area (Å²) in [4.78, 5) is 4.75. The monoisotopic (exact) mass is 171 g/mol. The van der Waals surface area contributed by atoms with Gasteiger partial charge in [-0.3, -0.25) is 0 Å². The second-order valence-electron chi connectivity index (χ2n) is 3.90. The van der Waals surface area contributed by atoms with Crippen LogP contribution in [-0.4, -0.2) is 63.2 Å². The number of likely N-dealkylation sites (N-methyl/N-ethyl adjacent to an activating group) is 1. The third kappa shape index (κ3) is 3.09. The van der Waals surface area contributed by atoms with Crippen molar-refractivity contribution in [3.8, 4) is 0 Å². The van der Waals surface area contributed by atoms with Gasteiger partial charge in [0.15, 0.2) is 0 Å². The average molecular weight is 171 g/mol. The fraction of sp³-hybridized carbons (Fsp3) is 1.00. The molecule has 1 aliphatic heterocycles. The maximum Gasteiger partial charge on any atom is 0.0320 e. The van der Waals surface area contributed by atoms with E-state index in [1.165, 1.54) is 32.6 Å². The van der Waals surface area contributed by atoms with Crippen LogP contribution in [0.4, 0.5) is 0 Å². The Morgan fingerprint density at radius 2 is 2.08 bits per heavy atom. The predicted molar refractivity (Wildman–Crippen MR) is 52.5 cm³/mol. The van der Waals surface area contributed by atoms with Crippen molar-refractivity contribution in [1.82, 2.24) is 15.1 Å². The Hall–Kier alpha value is -0.120. The summed E-state index contributed by atoms with van der Waals surface area (Å²) in [6.07, 6.45) is 1.30. The van der Waals surface area contributed by atoms with E-state index in [1.807, 2.05) is 7.05 Å². The van der Waals surface area contributed by atoms with Crippen LogP contribution in [0.5, 0.6) is 0 Å². The Bertz CT molecular complexity index is 119. The summed E-state index contributed by atoms with van der Waals surface area (Å²) in [5.74, 6) is 0. The van der Waals surface area contributed by atoms with Crippen LogP contribution in [-0.2, 0) is 0 Å². The Morgan fingerprint density at radius 1 is 1.42 bits per heavy atom. The van der Waals surface area contributed by atoms with Gasteiger partial charge in [-0.1, -0.05) is 0 Å². The van der Waals surface area contributed by atoms with Crippen LogP contribution < -0.4 is 5.32 Å². The molecular weight excluding hydrogens is 150 g/mol. The van der Waals surface area contributed by atoms with E-state index in [1.54, 1.807) is 0 Å². The molecule has 1 N–H and O–H groups in total. The quantitative estimate of drug-likeness (QED) is 0.620. The zero-order valence-corrected chi connectivity index (χ0v) is 8.51. The standard InChI is InChI=1S/C9H21N3/c1-10-9-7-12(8-9)6-4-5-11(2)3/h9-10H,4-8H2,1-3H3. The van der Waals surface area contributed by atoms with Crippen molar-refractivity contribution in [2.45, 2.75) is 12.5 Å². The van der Waals surface area contributed by atoms with E-state index in [4.69, 9.17) is 0 Å². The van der Waals surface area contributed by atoms with Gasteiger partial charge in [0.25, 0.3) is 0 Å². The molecule has 0 unspecified atom stereocenters. The number of hydrogen-bond acceptors (Lipinski definition) is 3. The highest BCUT2D eigenvalue weighted by Crippen LogP contribution is 2.06. The maximum atomic E-state index is 3.28. The third-order valence-electron chi connectivity index (χ3n) is 2.45. The van der Waals surface area contributed by atoms with E-state index in [9.17, 15) is 0 Å². The molecule has 3 nitrogen and oxygen atoms in total. The molecule has 0 radical (unpaired) electrons. The molecule has 0 saturated carbocycles. The fourth-order valence-corrected chi connectivity index (χ4v) is 1.55. The minimum absolute atomic E-state index is 0.754. The predicted octanol–water partition coefficient (Wildman–Crippen LogP) is -0.158. The second kappa shape index (κ2) is 4.80. The molecule has 0 spiro atoms. The van der Waals surface area contributed by atoms with Gasteiger partial charge in [0.2, 0.25) is 0 Å². The van der Waals surface area contributed by atoms with Crippen molar-refractivity contribution in [3.63, 3.8) is 0 Å². The summed E-state index contributed by atoms with van der Waals surface area (Å²) in [6.45, 7) is 4.95. The molecule has 1 saturated heterocycles. The van der Waals surface area contributed by atoms with Gasteiger partial charge >= 0.3 is 0 Å². The SMILES string of the molecule is CNC1CN(CCCN(C)C)C1. The van der Waals surface area contributed by atoms with E-state index in [2.05, 4.69) is 29.2 Å². The highest BCUT2D eigenvalue weighted by molar-refractivity contribution is 4.84. The minimum Gasteiger partial charge on any atom is -0.315 e. The van der Waals surface area contributed by atoms with Gasteiger partial charge in [-0.25, -0.2) is 0 Å². The highest BCUT2D eigenvalue weighted by atomic mass is 15.2. The molecule has 3 heteroatoms. The van der Waals surface area contributed by atoms with Gasteiger partial charge in [-0.05, 0) is 40.7 Å². The molecule has 0 aromatic rings. The van der Waals surface area contributed by atoms with Crippen LogP contribution >= 0.6 is 0 Å². The molecule has 0 aliphatic carbocycles. The lowest BCUT2D eigenvalue weighted by Gasteiger charge is -2.39. The third-order valence-corrected chi connectivity index (χ3v) is 2.45. The lowest BCUT2D eigenvalue weighted by molar-refractivity contribution is 0.127. The molecule has 12 heavy (non-hydrogen) atoms. The molecule has 1 fully saturated rings. The van der Waals surface area contributed by atoms with Crippen LogP contribution in [0.25, 0.3) is 0 Å². The Labute approximate surface area is 75.7 Å². The largest absolute Gasteiger partial charge is 0.315 e. The van der Waals surface area contributed by atoms with E-state index >= 15 is 0 Å². The first kappa shape index (κ1) is 9.96. The molecule has 0 aromatic carbocycles. The van der Waals surface area contributed by atoms with Crippen molar-refractivity contribution in [1.29, 1.82) is 0 Å². The summed E-state index contributed by atoms with van der Waals surface area (Å²) in [5.41, 5.74) is 0. The second-order valence-corrected chi connectivity index (χ2v) is 3.90. The van der Waals surface area contributed by atoms with Crippen molar-refractivity contribution in [3.05, 3.63) is 0 Å². The van der Waals surface area contributed by atoms with Crippen molar-refractivity contribution in [2.75, 3.05) is 47.3 Å². The van der Waals surface area contributed by atoms with Crippen molar-refractivity contribution >= 4 is 0 Å². The lowest BCUT2D eigenvalue weighted by Crippen LogP contribution is -2.57. The Kier molecular flexibility index (Phi) is 3.98. The number of nitrogens with one attached hydrogen (secondary N) is 1. The van der Waals surface area contributed by atoms with Gasteiger partial charge < -0.3 is 15.1 Å². The molecule has 0 atom stereocenters. The molecule has 1 heterocycles. The first-order valence-corrected chi connectivity index (χ1v) is 4.76. The average Bonchev–Trinajstić information content (AvgIpc) is 1.93. The number of nitrogens with zero attached hydrogens (tertiary/aromatic N) is 2. The van der Waals surface area contributed by atoms with E-state index in [0.29, 0.717) is 0 Å². The van der Waals surface area contributed by atoms with Crippen LogP contribution in [0.3, 0.4) is 0 Å². The summed E-state index contributed by atoms with van der Waals surface area (Å²) < 4.78 is 0. The van der Waals surface area contributed by atoms with E-state index < -0.39 is 0 Å². The number of hydrogen-bond donors (Lipinski definition) is 1. The summed E-state index contributed by atoms with van der Waals surface area (Å²) in [6, 6.07) is 0.754. The van der Waals surface area contributed by atoms with Crippen LogP contribution in [0.15, 0.2) is 0 Å². The first-order valence-electron chi connectivity index (χ1n) is 4.76.